The van der Waals surface area contributed by atoms with E-state index < -0.39 is 11.0 Å². The van der Waals surface area contributed by atoms with E-state index in [1.54, 1.807) is 0 Å². The molecule has 2 fully saturated rings. The third kappa shape index (κ3) is 2.18. The summed E-state index contributed by atoms with van der Waals surface area (Å²) in [6.07, 6.45) is 5.00. The summed E-state index contributed by atoms with van der Waals surface area (Å²) < 4.78 is 0. The van der Waals surface area contributed by atoms with Crippen molar-refractivity contribution in [2.24, 2.45) is 5.92 Å². The van der Waals surface area contributed by atoms with Gasteiger partial charge in [0.2, 0.25) is 0 Å². The van der Waals surface area contributed by atoms with E-state index in [2.05, 4.69) is 47.1 Å². The van der Waals surface area contributed by atoms with E-state index in [1.165, 1.54) is 35.0 Å². The topological polar surface area (TPSA) is 59.5 Å². The maximum Gasteiger partial charge on any atom is 0.119 e. The lowest BCUT2D eigenvalue weighted by Crippen LogP contribution is -2.75. The van der Waals surface area contributed by atoms with Gasteiger partial charge in [-0.15, -0.1) is 0 Å². The zero-order valence-corrected chi connectivity index (χ0v) is 18.1. The number of phenolic OH excluding ortho intramolecular Hbond substituents is 1. The van der Waals surface area contributed by atoms with Crippen LogP contribution in [-0.2, 0) is 18.3 Å². The number of fused-ring (bicyclic) bond motifs is 4. The number of phenols is 1. The first-order valence-corrected chi connectivity index (χ1v) is 11.9. The first-order valence-electron chi connectivity index (χ1n) is 11.9. The number of H-pyrrole nitrogens is 1. The van der Waals surface area contributed by atoms with Gasteiger partial charge in [0.25, 0.3) is 0 Å². The minimum absolute atomic E-state index is 0.0976. The van der Waals surface area contributed by atoms with Crippen molar-refractivity contribution in [1.82, 2.24) is 9.88 Å². The number of benzene rings is 2. The molecule has 4 aliphatic rings. The summed E-state index contributed by atoms with van der Waals surface area (Å²) in [7, 11) is 0. The highest BCUT2D eigenvalue weighted by molar-refractivity contribution is 5.86. The second kappa shape index (κ2) is 5.93. The number of hydrogen-bond donors (Lipinski definition) is 3. The average molecular weight is 415 g/mol. The van der Waals surface area contributed by atoms with Gasteiger partial charge in [-0.2, -0.15) is 0 Å². The van der Waals surface area contributed by atoms with Crippen molar-refractivity contribution in [1.29, 1.82) is 0 Å². The van der Waals surface area contributed by atoms with Crippen molar-refractivity contribution >= 4 is 10.9 Å². The van der Waals surface area contributed by atoms with E-state index in [0.717, 1.165) is 42.9 Å². The second-order valence-electron chi connectivity index (χ2n) is 10.6. The van der Waals surface area contributed by atoms with Gasteiger partial charge in [-0.05, 0) is 61.4 Å². The van der Waals surface area contributed by atoms with Crippen molar-refractivity contribution in [3.8, 4) is 5.75 Å². The van der Waals surface area contributed by atoms with Gasteiger partial charge < -0.3 is 15.2 Å². The first kappa shape index (κ1) is 18.3. The van der Waals surface area contributed by atoms with E-state index in [-0.39, 0.29) is 12.0 Å². The number of para-hydroxylation sites is 1. The summed E-state index contributed by atoms with van der Waals surface area (Å²) in [5, 5.41) is 25.1. The molecule has 4 atom stereocenters. The van der Waals surface area contributed by atoms with Crippen LogP contribution in [0.2, 0.25) is 0 Å². The molecule has 1 saturated carbocycles. The maximum absolute atomic E-state index is 12.8. The molecule has 4 heteroatoms. The van der Waals surface area contributed by atoms with Gasteiger partial charge >= 0.3 is 0 Å². The van der Waals surface area contributed by atoms with Crippen molar-refractivity contribution < 1.29 is 10.2 Å². The predicted octanol–water partition coefficient (Wildman–Crippen LogP) is 4.24. The van der Waals surface area contributed by atoms with E-state index in [1.807, 2.05) is 12.1 Å². The Morgan fingerprint density at radius 3 is 2.81 bits per heavy atom. The van der Waals surface area contributed by atoms with Crippen LogP contribution in [0, 0.1) is 5.92 Å². The summed E-state index contributed by atoms with van der Waals surface area (Å²) in [5.41, 5.74) is 4.56. The Balaban J connectivity index is 1.50. The van der Waals surface area contributed by atoms with Crippen LogP contribution < -0.4 is 0 Å². The number of nitrogens with zero attached hydrogens (tertiary/aromatic N) is 1. The van der Waals surface area contributed by atoms with Crippen LogP contribution in [0.5, 0.6) is 5.75 Å². The van der Waals surface area contributed by atoms with E-state index in [9.17, 15) is 10.2 Å². The Bertz CT molecular complexity index is 1210. The number of aromatic amines is 1. The molecule has 1 unspecified atom stereocenters. The number of likely N-dealkylation sites (tertiary alicyclic amines) is 1. The Kier molecular flexibility index (Phi) is 3.50. The van der Waals surface area contributed by atoms with Crippen LogP contribution in [0.1, 0.15) is 54.5 Å². The predicted molar refractivity (Wildman–Crippen MR) is 122 cm³/mol. The van der Waals surface area contributed by atoms with Crippen LogP contribution in [0.15, 0.2) is 42.5 Å². The molecule has 0 radical (unpaired) electrons. The largest absolute Gasteiger partial charge is 0.508 e. The Hall–Kier alpha value is -2.30. The third-order valence-electron chi connectivity index (χ3n) is 9.20. The molecule has 1 aliphatic heterocycles. The molecule has 0 amide bonds. The van der Waals surface area contributed by atoms with E-state index in [0.29, 0.717) is 12.2 Å². The van der Waals surface area contributed by atoms with Gasteiger partial charge in [0.15, 0.2) is 0 Å². The van der Waals surface area contributed by atoms with Gasteiger partial charge in [0, 0.05) is 52.5 Å². The van der Waals surface area contributed by atoms with Crippen LogP contribution in [0.25, 0.3) is 10.9 Å². The minimum Gasteiger partial charge on any atom is -0.508 e. The molecule has 160 valence electrons. The molecule has 2 aromatic carbocycles. The molecule has 0 spiro atoms. The number of nitrogens with one attached hydrogen (secondary N) is 1. The van der Waals surface area contributed by atoms with Crippen LogP contribution in [-0.4, -0.2) is 44.8 Å². The summed E-state index contributed by atoms with van der Waals surface area (Å²) in [6, 6.07) is 14.6. The summed E-state index contributed by atoms with van der Waals surface area (Å²) in [6.45, 7) is 4.37. The summed E-state index contributed by atoms with van der Waals surface area (Å²) >= 11 is 0. The molecule has 4 nitrogen and oxygen atoms in total. The molecule has 1 saturated heterocycles. The quantitative estimate of drug-likeness (QED) is 0.588. The number of rotatable bonds is 2. The molecule has 1 aromatic heterocycles. The standard InChI is InChI=1S/C27H30N2O2/c1-16-25-20(19-6-2-3-7-21(19)28-25)14-27(31)23-13-18-5-4-8-22(30)24(18)26(16,27)11-12-29(23)15-17-9-10-17/h2-8,16-17,23,28,30-31H,9-15H2,1H3/t16?,23-,26-,27-/m1/s1. The van der Waals surface area contributed by atoms with E-state index >= 15 is 0 Å². The Morgan fingerprint density at radius 1 is 1.13 bits per heavy atom. The zero-order chi connectivity index (χ0) is 21.0. The lowest BCUT2D eigenvalue weighted by Gasteiger charge is -2.65. The smallest absolute Gasteiger partial charge is 0.119 e. The number of aromatic nitrogens is 1. The van der Waals surface area contributed by atoms with Gasteiger partial charge in [-0.3, -0.25) is 4.90 Å². The number of aromatic hydroxyl groups is 1. The highest BCUT2D eigenvalue weighted by atomic mass is 16.3. The average Bonchev–Trinajstić information content (AvgIpc) is 3.50. The first-order chi connectivity index (χ1) is 15.0. The van der Waals surface area contributed by atoms with Gasteiger partial charge in [-0.25, -0.2) is 0 Å². The minimum atomic E-state index is -0.886. The highest BCUT2D eigenvalue weighted by Crippen LogP contribution is 2.64. The zero-order valence-electron chi connectivity index (χ0n) is 18.1. The highest BCUT2D eigenvalue weighted by Gasteiger charge is 2.68. The molecule has 2 heterocycles. The fourth-order valence-corrected chi connectivity index (χ4v) is 7.64. The normalized spacial score (nSPS) is 34.3. The van der Waals surface area contributed by atoms with Crippen molar-refractivity contribution in [2.75, 3.05) is 13.1 Å². The molecule has 2 bridgehead atoms. The summed E-state index contributed by atoms with van der Waals surface area (Å²) in [5.74, 6) is 1.26. The second-order valence-corrected chi connectivity index (χ2v) is 10.6. The van der Waals surface area contributed by atoms with Crippen LogP contribution >= 0.6 is 0 Å². The van der Waals surface area contributed by atoms with Gasteiger partial charge in [0.1, 0.15) is 5.75 Å². The molecule has 3 aromatic rings. The van der Waals surface area contributed by atoms with Crippen LogP contribution in [0.3, 0.4) is 0 Å². The summed E-state index contributed by atoms with van der Waals surface area (Å²) in [4.78, 5) is 6.30. The monoisotopic (exact) mass is 414 g/mol. The fraction of sp³-hybridized carbons (Fsp3) is 0.481. The molecule has 31 heavy (non-hydrogen) atoms. The van der Waals surface area contributed by atoms with Crippen molar-refractivity contribution in [3.05, 3.63) is 64.8 Å². The lowest BCUT2D eigenvalue weighted by atomic mass is 9.46. The molecule has 3 N–H and O–H groups in total. The van der Waals surface area contributed by atoms with Gasteiger partial charge in [-0.1, -0.05) is 37.3 Å². The molecular formula is C27H30N2O2. The maximum atomic E-state index is 12.8. The van der Waals surface area contributed by atoms with Gasteiger partial charge in [0.05, 0.1) is 5.60 Å². The van der Waals surface area contributed by atoms with Crippen LogP contribution in [0.4, 0.5) is 0 Å². The molecular weight excluding hydrogens is 384 g/mol. The molecule has 3 aliphatic carbocycles. The third-order valence-corrected chi connectivity index (χ3v) is 9.20. The number of aliphatic hydroxyl groups is 1. The van der Waals surface area contributed by atoms with Crippen molar-refractivity contribution in [2.45, 2.75) is 62.0 Å². The Labute approximate surface area is 182 Å². The van der Waals surface area contributed by atoms with Crippen molar-refractivity contribution in [3.63, 3.8) is 0 Å². The fourth-order valence-electron chi connectivity index (χ4n) is 7.64. The van der Waals surface area contributed by atoms with E-state index in [4.69, 9.17) is 0 Å². The number of hydrogen-bond acceptors (Lipinski definition) is 3. The number of piperidine rings is 1. The SMILES string of the molecule is CC1c2[nH]c3ccccc3c2C[C@@]2(O)[C@H]3Cc4cccc(O)c4[C@@]12CCN3CC1CC1. The Morgan fingerprint density at radius 2 is 1.97 bits per heavy atom. The molecule has 7 rings (SSSR count). The lowest BCUT2D eigenvalue weighted by molar-refractivity contribution is -0.160.